The number of aryl methyl sites for hydroxylation is 1. The molecule has 98 valence electrons. The van der Waals surface area contributed by atoms with E-state index in [4.69, 9.17) is 0 Å². The molecule has 19 heavy (non-hydrogen) atoms. The quantitative estimate of drug-likeness (QED) is 0.881. The second-order valence-corrected chi connectivity index (χ2v) is 4.32. The third-order valence-corrected chi connectivity index (χ3v) is 2.90. The molecule has 2 N–H and O–H groups in total. The zero-order chi connectivity index (χ0) is 13.5. The van der Waals surface area contributed by atoms with E-state index in [0.717, 1.165) is 11.1 Å². The normalized spacial score (nSPS) is 9.95. The highest BCUT2D eigenvalue weighted by Gasteiger charge is 2.02. The van der Waals surface area contributed by atoms with Crippen LogP contribution in [-0.4, -0.2) is 11.0 Å². The monoisotopic (exact) mass is 255 g/mol. The van der Waals surface area contributed by atoms with Crippen LogP contribution < -0.4 is 10.6 Å². The minimum absolute atomic E-state index is 0.167. The fraction of sp³-hybridized carbons (Fsp3) is 0.200. The molecule has 0 spiro atoms. The minimum atomic E-state index is -0.167. The number of rotatable bonds is 4. The molecule has 0 saturated carbocycles. The van der Waals surface area contributed by atoms with Gasteiger partial charge in [0.1, 0.15) is 0 Å². The number of pyridine rings is 1. The van der Waals surface area contributed by atoms with E-state index in [-0.39, 0.29) is 6.03 Å². The first kappa shape index (κ1) is 13.1. The predicted molar refractivity (Wildman–Crippen MR) is 74.5 cm³/mol. The summed E-state index contributed by atoms with van der Waals surface area (Å²) in [4.78, 5) is 15.6. The van der Waals surface area contributed by atoms with Crippen molar-refractivity contribution in [2.24, 2.45) is 0 Å². The van der Waals surface area contributed by atoms with Crippen molar-refractivity contribution in [3.05, 3.63) is 65.5 Å². The number of nitrogens with zero attached hydrogens (tertiary/aromatic N) is 1. The number of nitrogens with one attached hydrogen (secondary N) is 2. The molecule has 0 bridgehead atoms. The van der Waals surface area contributed by atoms with Crippen LogP contribution in [0.4, 0.5) is 4.79 Å². The van der Waals surface area contributed by atoms with Crippen LogP contribution in [0, 0.1) is 6.92 Å². The third kappa shape index (κ3) is 4.10. The summed E-state index contributed by atoms with van der Waals surface area (Å²) in [5, 5.41) is 5.66. The van der Waals surface area contributed by atoms with Crippen LogP contribution in [0.25, 0.3) is 0 Å². The van der Waals surface area contributed by atoms with Crippen molar-refractivity contribution in [3.63, 3.8) is 0 Å². The van der Waals surface area contributed by atoms with Gasteiger partial charge in [-0.15, -0.1) is 0 Å². The van der Waals surface area contributed by atoms with Crippen molar-refractivity contribution < 1.29 is 4.79 Å². The Labute approximate surface area is 112 Å². The molecule has 0 saturated heterocycles. The van der Waals surface area contributed by atoms with E-state index in [2.05, 4.69) is 15.6 Å². The van der Waals surface area contributed by atoms with Crippen LogP contribution in [-0.2, 0) is 13.1 Å². The predicted octanol–water partition coefficient (Wildman–Crippen LogP) is 2.39. The highest BCUT2D eigenvalue weighted by molar-refractivity contribution is 5.73. The molecule has 4 nitrogen and oxygen atoms in total. The SMILES string of the molecule is Cc1ccccc1CNC(=O)NCc1ccncc1. The van der Waals surface area contributed by atoms with Gasteiger partial charge in [0.15, 0.2) is 0 Å². The topological polar surface area (TPSA) is 54.0 Å². The molecule has 2 aromatic rings. The molecule has 2 amide bonds. The summed E-state index contributed by atoms with van der Waals surface area (Å²) in [6, 6.07) is 11.6. The van der Waals surface area contributed by atoms with Gasteiger partial charge in [-0.1, -0.05) is 24.3 Å². The van der Waals surface area contributed by atoms with Gasteiger partial charge in [-0.2, -0.15) is 0 Å². The van der Waals surface area contributed by atoms with E-state index in [0.29, 0.717) is 13.1 Å². The second kappa shape index (κ2) is 6.54. The zero-order valence-electron chi connectivity index (χ0n) is 10.9. The maximum Gasteiger partial charge on any atom is 0.315 e. The fourth-order valence-electron chi connectivity index (χ4n) is 1.73. The Morgan fingerprint density at radius 2 is 1.74 bits per heavy atom. The van der Waals surface area contributed by atoms with E-state index < -0.39 is 0 Å². The van der Waals surface area contributed by atoms with E-state index in [1.165, 1.54) is 5.56 Å². The fourth-order valence-corrected chi connectivity index (χ4v) is 1.73. The maximum absolute atomic E-state index is 11.7. The van der Waals surface area contributed by atoms with Gasteiger partial charge in [-0.25, -0.2) is 4.79 Å². The maximum atomic E-state index is 11.7. The Balaban J connectivity index is 1.78. The second-order valence-electron chi connectivity index (χ2n) is 4.32. The third-order valence-electron chi connectivity index (χ3n) is 2.90. The van der Waals surface area contributed by atoms with Gasteiger partial charge >= 0.3 is 6.03 Å². The van der Waals surface area contributed by atoms with Crippen LogP contribution in [0.3, 0.4) is 0 Å². The van der Waals surface area contributed by atoms with Gasteiger partial charge in [0.05, 0.1) is 0 Å². The summed E-state index contributed by atoms with van der Waals surface area (Å²) in [6.45, 7) is 3.07. The van der Waals surface area contributed by atoms with Gasteiger partial charge in [-0.05, 0) is 35.7 Å². The molecule has 0 aliphatic carbocycles. The van der Waals surface area contributed by atoms with Crippen LogP contribution in [0.5, 0.6) is 0 Å². The van der Waals surface area contributed by atoms with Crippen molar-refractivity contribution in [1.29, 1.82) is 0 Å². The minimum Gasteiger partial charge on any atom is -0.334 e. The molecule has 4 heteroatoms. The van der Waals surface area contributed by atoms with Crippen LogP contribution in [0.1, 0.15) is 16.7 Å². The van der Waals surface area contributed by atoms with E-state index in [9.17, 15) is 4.79 Å². The lowest BCUT2D eigenvalue weighted by Gasteiger charge is -2.09. The first-order valence-electron chi connectivity index (χ1n) is 6.21. The van der Waals surface area contributed by atoms with E-state index in [1.807, 2.05) is 43.3 Å². The summed E-state index contributed by atoms with van der Waals surface area (Å²) in [5.41, 5.74) is 3.33. The molecule has 0 radical (unpaired) electrons. The lowest BCUT2D eigenvalue weighted by atomic mass is 10.1. The van der Waals surface area contributed by atoms with Gasteiger partial charge in [0.25, 0.3) is 0 Å². The molecule has 1 heterocycles. The van der Waals surface area contributed by atoms with Crippen LogP contribution >= 0.6 is 0 Å². The van der Waals surface area contributed by atoms with Gasteiger partial charge in [0, 0.05) is 25.5 Å². The summed E-state index contributed by atoms with van der Waals surface area (Å²) < 4.78 is 0. The largest absolute Gasteiger partial charge is 0.334 e. The number of carbonyl (C=O) groups excluding carboxylic acids is 1. The molecule has 0 aliphatic heterocycles. The summed E-state index contributed by atoms with van der Waals surface area (Å²) >= 11 is 0. The smallest absolute Gasteiger partial charge is 0.315 e. The molecule has 0 atom stereocenters. The molecule has 1 aromatic heterocycles. The average Bonchev–Trinajstić information content (AvgIpc) is 2.45. The average molecular weight is 255 g/mol. The number of hydrogen-bond donors (Lipinski definition) is 2. The number of hydrogen-bond acceptors (Lipinski definition) is 2. The lowest BCUT2D eigenvalue weighted by Crippen LogP contribution is -2.34. The summed E-state index contributed by atoms with van der Waals surface area (Å²) in [7, 11) is 0. The number of benzene rings is 1. The van der Waals surface area contributed by atoms with Gasteiger partial charge < -0.3 is 10.6 Å². The highest BCUT2D eigenvalue weighted by atomic mass is 16.2. The molecule has 2 rings (SSSR count). The lowest BCUT2D eigenvalue weighted by molar-refractivity contribution is 0.240. The van der Waals surface area contributed by atoms with Crippen molar-refractivity contribution in [2.45, 2.75) is 20.0 Å². The number of urea groups is 1. The molecular formula is C15H17N3O. The molecule has 0 aliphatic rings. The molecular weight excluding hydrogens is 238 g/mol. The summed E-state index contributed by atoms with van der Waals surface area (Å²) in [5.74, 6) is 0. The van der Waals surface area contributed by atoms with E-state index in [1.54, 1.807) is 12.4 Å². The Hall–Kier alpha value is -2.36. The summed E-state index contributed by atoms with van der Waals surface area (Å²) in [6.07, 6.45) is 3.42. The van der Waals surface area contributed by atoms with Crippen LogP contribution in [0.15, 0.2) is 48.8 Å². The van der Waals surface area contributed by atoms with Crippen molar-refractivity contribution in [1.82, 2.24) is 15.6 Å². The van der Waals surface area contributed by atoms with E-state index >= 15 is 0 Å². The Morgan fingerprint density at radius 3 is 2.47 bits per heavy atom. The Morgan fingerprint density at radius 1 is 1.05 bits per heavy atom. The first-order chi connectivity index (χ1) is 9.25. The zero-order valence-corrected chi connectivity index (χ0v) is 10.9. The molecule has 0 fully saturated rings. The molecule has 0 unspecified atom stereocenters. The van der Waals surface area contributed by atoms with Gasteiger partial charge in [0.2, 0.25) is 0 Å². The van der Waals surface area contributed by atoms with Crippen molar-refractivity contribution >= 4 is 6.03 Å². The number of amides is 2. The highest BCUT2D eigenvalue weighted by Crippen LogP contribution is 2.05. The first-order valence-corrected chi connectivity index (χ1v) is 6.21. The Bertz CT molecular complexity index is 540. The van der Waals surface area contributed by atoms with Crippen molar-refractivity contribution in [2.75, 3.05) is 0 Å². The van der Waals surface area contributed by atoms with Crippen LogP contribution in [0.2, 0.25) is 0 Å². The Kier molecular flexibility index (Phi) is 4.50. The van der Waals surface area contributed by atoms with Gasteiger partial charge in [-0.3, -0.25) is 4.98 Å². The number of aromatic nitrogens is 1. The molecule has 1 aromatic carbocycles. The number of carbonyl (C=O) groups is 1. The standard InChI is InChI=1S/C15H17N3O/c1-12-4-2-3-5-14(12)11-18-15(19)17-10-13-6-8-16-9-7-13/h2-9H,10-11H2,1H3,(H2,17,18,19). The van der Waals surface area contributed by atoms with Crippen molar-refractivity contribution in [3.8, 4) is 0 Å².